The number of halogens is 1. The van der Waals surface area contributed by atoms with Gasteiger partial charge in [0.25, 0.3) is 0 Å². The molecule has 0 aliphatic rings. The molecule has 0 spiro atoms. The molecule has 1 aromatic rings. The fourth-order valence-electron chi connectivity index (χ4n) is 1.51. The standard InChI is InChI=1S/C13H17FN2O4/c1-19-6-5-10(15)12(17)16-11-7-8(14)3-4-9(11)13(18)20-2/h3-4,7,10H,5-6,15H2,1-2H3,(H,16,17). The Morgan fingerprint density at radius 1 is 1.40 bits per heavy atom. The van der Waals surface area contributed by atoms with E-state index < -0.39 is 23.7 Å². The predicted octanol–water partition coefficient (Wildman–Crippen LogP) is 0.915. The number of nitrogens with one attached hydrogen (secondary N) is 1. The largest absolute Gasteiger partial charge is 0.465 e. The van der Waals surface area contributed by atoms with Crippen LogP contribution in [-0.4, -0.2) is 38.7 Å². The quantitative estimate of drug-likeness (QED) is 0.758. The van der Waals surface area contributed by atoms with Gasteiger partial charge in [-0.05, 0) is 24.6 Å². The Morgan fingerprint density at radius 2 is 2.10 bits per heavy atom. The maximum atomic E-state index is 13.2. The Kier molecular flexibility index (Phi) is 6.08. The third-order valence-electron chi connectivity index (χ3n) is 2.61. The van der Waals surface area contributed by atoms with Crippen molar-refractivity contribution in [3.05, 3.63) is 29.6 Å². The van der Waals surface area contributed by atoms with Crippen LogP contribution in [0.2, 0.25) is 0 Å². The lowest BCUT2D eigenvalue weighted by molar-refractivity contribution is -0.117. The molecule has 0 aromatic heterocycles. The summed E-state index contributed by atoms with van der Waals surface area (Å²) in [4.78, 5) is 23.3. The Labute approximate surface area is 116 Å². The summed E-state index contributed by atoms with van der Waals surface area (Å²) in [6.45, 7) is 0.321. The molecule has 0 bridgehead atoms. The van der Waals surface area contributed by atoms with E-state index in [0.29, 0.717) is 13.0 Å². The first-order valence-corrected chi connectivity index (χ1v) is 5.92. The number of nitrogens with two attached hydrogens (primary N) is 1. The van der Waals surface area contributed by atoms with Crippen LogP contribution in [-0.2, 0) is 14.3 Å². The number of esters is 1. The number of carbonyl (C=O) groups is 2. The molecule has 0 aliphatic carbocycles. The van der Waals surface area contributed by atoms with Gasteiger partial charge >= 0.3 is 5.97 Å². The molecule has 0 fully saturated rings. The van der Waals surface area contributed by atoms with Crippen LogP contribution in [0.5, 0.6) is 0 Å². The van der Waals surface area contributed by atoms with Crippen molar-refractivity contribution in [3.63, 3.8) is 0 Å². The Hall–Kier alpha value is -1.99. The Balaban J connectivity index is 2.87. The van der Waals surface area contributed by atoms with Crippen LogP contribution in [0.3, 0.4) is 0 Å². The van der Waals surface area contributed by atoms with Gasteiger partial charge in [0.1, 0.15) is 5.82 Å². The maximum Gasteiger partial charge on any atom is 0.339 e. The minimum Gasteiger partial charge on any atom is -0.465 e. The summed E-state index contributed by atoms with van der Waals surface area (Å²) in [6, 6.07) is 2.56. The number of benzene rings is 1. The first-order chi connectivity index (χ1) is 9.49. The molecule has 0 saturated heterocycles. The van der Waals surface area contributed by atoms with Gasteiger partial charge in [0.05, 0.1) is 24.4 Å². The lowest BCUT2D eigenvalue weighted by atomic mass is 10.1. The molecule has 1 unspecified atom stereocenters. The van der Waals surface area contributed by atoms with Crippen LogP contribution in [0, 0.1) is 5.82 Å². The zero-order valence-electron chi connectivity index (χ0n) is 11.3. The van der Waals surface area contributed by atoms with Gasteiger partial charge in [0.15, 0.2) is 0 Å². The number of ether oxygens (including phenoxy) is 2. The van der Waals surface area contributed by atoms with E-state index in [0.717, 1.165) is 12.1 Å². The molecule has 1 rings (SSSR count). The molecule has 1 amide bonds. The van der Waals surface area contributed by atoms with Crippen molar-refractivity contribution in [2.24, 2.45) is 5.73 Å². The molecular weight excluding hydrogens is 267 g/mol. The highest BCUT2D eigenvalue weighted by Gasteiger charge is 2.18. The van der Waals surface area contributed by atoms with Crippen molar-refractivity contribution >= 4 is 17.6 Å². The third kappa shape index (κ3) is 4.29. The first kappa shape index (κ1) is 16.1. The summed E-state index contributed by atoms with van der Waals surface area (Å²) < 4.78 is 22.6. The zero-order chi connectivity index (χ0) is 15.1. The fourth-order valence-corrected chi connectivity index (χ4v) is 1.51. The Bertz CT molecular complexity index is 493. The van der Waals surface area contributed by atoms with Crippen molar-refractivity contribution in [1.82, 2.24) is 0 Å². The highest BCUT2D eigenvalue weighted by Crippen LogP contribution is 2.18. The summed E-state index contributed by atoms with van der Waals surface area (Å²) in [5.41, 5.74) is 5.73. The summed E-state index contributed by atoms with van der Waals surface area (Å²) in [5.74, 6) is -1.79. The molecule has 0 heterocycles. The fraction of sp³-hybridized carbons (Fsp3) is 0.385. The number of methoxy groups -OCH3 is 2. The molecule has 0 aliphatic heterocycles. The first-order valence-electron chi connectivity index (χ1n) is 5.92. The van der Waals surface area contributed by atoms with E-state index in [1.54, 1.807) is 0 Å². The number of rotatable bonds is 6. The predicted molar refractivity (Wildman–Crippen MR) is 70.8 cm³/mol. The van der Waals surface area contributed by atoms with E-state index in [-0.39, 0.29) is 11.3 Å². The summed E-state index contributed by atoms with van der Waals surface area (Å²) in [5, 5.41) is 2.41. The normalized spacial score (nSPS) is 11.8. The van der Waals surface area contributed by atoms with Crippen molar-refractivity contribution in [2.75, 3.05) is 26.1 Å². The second-order valence-electron chi connectivity index (χ2n) is 4.06. The second kappa shape index (κ2) is 7.56. The van der Waals surface area contributed by atoms with E-state index in [2.05, 4.69) is 10.1 Å². The van der Waals surface area contributed by atoms with Gasteiger partial charge in [-0.1, -0.05) is 0 Å². The number of amides is 1. The minimum absolute atomic E-state index is 0.0229. The lowest BCUT2D eigenvalue weighted by Gasteiger charge is -2.14. The summed E-state index contributed by atoms with van der Waals surface area (Å²) in [6.07, 6.45) is 0.311. The van der Waals surface area contributed by atoms with E-state index in [9.17, 15) is 14.0 Å². The maximum absolute atomic E-state index is 13.2. The van der Waals surface area contributed by atoms with Gasteiger partial charge in [0.2, 0.25) is 5.91 Å². The topological polar surface area (TPSA) is 90.6 Å². The number of anilines is 1. The van der Waals surface area contributed by atoms with E-state index in [1.807, 2.05) is 0 Å². The minimum atomic E-state index is -0.816. The van der Waals surface area contributed by atoms with Gasteiger partial charge in [-0.25, -0.2) is 9.18 Å². The van der Waals surface area contributed by atoms with Crippen LogP contribution in [0.1, 0.15) is 16.8 Å². The van der Waals surface area contributed by atoms with Crippen molar-refractivity contribution in [3.8, 4) is 0 Å². The highest BCUT2D eigenvalue weighted by atomic mass is 19.1. The van der Waals surface area contributed by atoms with Crippen molar-refractivity contribution in [2.45, 2.75) is 12.5 Å². The smallest absolute Gasteiger partial charge is 0.339 e. The number of hydrogen-bond acceptors (Lipinski definition) is 5. The van der Waals surface area contributed by atoms with Crippen LogP contribution in [0.25, 0.3) is 0 Å². The van der Waals surface area contributed by atoms with E-state index in [4.69, 9.17) is 10.5 Å². The molecule has 0 radical (unpaired) electrons. The monoisotopic (exact) mass is 284 g/mol. The molecule has 1 atom stereocenters. The molecule has 7 heteroatoms. The molecule has 20 heavy (non-hydrogen) atoms. The summed E-state index contributed by atoms with van der Waals surface area (Å²) in [7, 11) is 2.69. The van der Waals surface area contributed by atoms with Gasteiger partial charge in [-0.2, -0.15) is 0 Å². The molecule has 3 N–H and O–H groups in total. The van der Waals surface area contributed by atoms with Crippen LogP contribution < -0.4 is 11.1 Å². The lowest BCUT2D eigenvalue weighted by Crippen LogP contribution is -2.36. The van der Waals surface area contributed by atoms with E-state index in [1.165, 1.54) is 20.3 Å². The average Bonchev–Trinajstić information content (AvgIpc) is 2.44. The van der Waals surface area contributed by atoms with Gasteiger partial charge in [-0.3, -0.25) is 4.79 Å². The molecule has 110 valence electrons. The van der Waals surface area contributed by atoms with Crippen molar-refractivity contribution < 1.29 is 23.5 Å². The van der Waals surface area contributed by atoms with Crippen molar-refractivity contribution in [1.29, 1.82) is 0 Å². The molecule has 6 nitrogen and oxygen atoms in total. The average molecular weight is 284 g/mol. The van der Waals surface area contributed by atoms with Gasteiger partial charge in [-0.15, -0.1) is 0 Å². The SMILES string of the molecule is COCCC(N)C(=O)Nc1cc(F)ccc1C(=O)OC. The highest BCUT2D eigenvalue weighted by molar-refractivity contribution is 6.02. The summed E-state index contributed by atoms with van der Waals surface area (Å²) >= 11 is 0. The molecule has 0 saturated carbocycles. The Morgan fingerprint density at radius 3 is 2.70 bits per heavy atom. The zero-order valence-corrected chi connectivity index (χ0v) is 11.3. The van der Waals surface area contributed by atoms with Crippen LogP contribution in [0.4, 0.5) is 10.1 Å². The molecule has 1 aromatic carbocycles. The number of carbonyl (C=O) groups excluding carboxylic acids is 2. The number of hydrogen-bond donors (Lipinski definition) is 2. The molecular formula is C13H17FN2O4. The van der Waals surface area contributed by atoms with Gasteiger partial charge < -0.3 is 20.5 Å². The second-order valence-corrected chi connectivity index (χ2v) is 4.06. The van der Waals surface area contributed by atoms with Gasteiger partial charge in [0, 0.05) is 13.7 Å². The van der Waals surface area contributed by atoms with Crippen LogP contribution >= 0.6 is 0 Å². The van der Waals surface area contributed by atoms with E-state index >= 15 is 0 Å². The third-order valence-corrected chi connectivity index (χ3v) is 2.61. The van der Waals surface area contributed by atoms with Crippen LogP contribution in [0.15, 0.2) is 18.2 Å².